The van der Waals surface area contributed by atoms with E-state index in [1.165, 1.54) is 4.90 Å². The lowest BCUT2D eigenvalue weighted by Gasteiger charge is -2.17. The number of hydrogen-bond acceptors (Lipinski definition) is 6. The number of benzene rings is 3. The van der Waals surface area contributed by atoms with E-state index in [0.29, 0.717) is 39.1 Å². The van der Waals surface area contributed by atoms with Crippen molar-refractivity contribution in [2.75, 3.05) is 30.4 Å². The normalized spacial score (nSPS) is 16.6. The fraction of sp³-hybridized carbons (Fsp3) is 0.200. The molecule has 3 aromatic rings. The third kappa shape index (κ3) is 5.32. The number of methoxy groups -OCH3 is 1. The van der Waals surface area contributed by atoms with E-state index in [1.54, 1.807) is 24.1 Å². The van der Waals surface area contributed by atoms with Gasteiger partial charge in [-0.15, -0.1) is 0 Å². The SMILES string of the molecule is COc1ccc(CCN2C(=O)/C(=C3/C(=O)N(CC(=O)Nc4cc(C)ccc4C)c4ccccc43)SC2=S)cc1. The molecule has 3 aromatic carbocycles. The number of anilines is 2. The highest BCUT2D eigenvalue weighted by Gasteiger charge is 2.42. The Morgan fingerprint density at radius 2 is 1.72 bits per heavy atom. The molecule has 1 N–H and O–H groups in total. The molecule has 0 unspecified atom stereocenters. The Morgan fingerprint density at radius 1 is 0.974 bits per heavy atom. The van der Waals surface area contributed by atoms with Gasteiger partial charge in [-0.3, -0.25) is 24.2 Å². The lowest BCUT2D eigenvalue weighted by molar-refractivity contribution is -0.122. The molecule has 0 saturated carbocycles. The van der Waals surface area contributed by atoms with E-state index in [4.69, 9.17) is 17.0 Å². The van der Waals surface area contributed by atoms with Crippen LogP contribution in [-0.2, 0) is 20.8 Å². The van der Waals surface area contributed by atoms with E-state index in [1.807, 2.05) is 68.4 Å². The molecule has 2 aliphatic heterocycles. The Kier molecular flexibility index (Phi) is 7.54. The highest BCUT2D eigenvalue weighted by atomic mass is 32.2. The van der Waals surface area contributed by atoms with Crippen LogP contribution >= 0.6 is 24.0 Å². The van der Waals surface area contributed by atoms with Crippen LogP contribution in [0.2, 0.25) is 0 Å². The number of nitrogens with zero attached hydrogens (tertiary/aromatic N) is 2. The van der Waals surface area contributed by atoms with E-state index >= 15 is 0 Å². The number of hydrogen-bond donors (Lipinski definition) is 1. The minimum absolute atomic E-state index is 0.176. The summed E-state index contributed by atoms with van der Waals surface area (Å²) >= 11 is 6.68. The van der Waals surface area contributed by atoms with Gasteiger partial charge in [-0.05, 0) is 61.2 Å². The molecule has 7 nitrogen and oxygen atoms in total. The van der Waals surface area contributed by atoms with Crippen molar-refractivity contribution in [2.24, 2.45) is 0 Å². The lowest BCUT2D eigenvalue weighted by Crippen LogP contribution is -2.36. The Labute approximate surface area is 236 Å². The number of carbonyl (C=O) groups excluding carboxylic acids is 3. The number of para-hydroxylation sites is 1. The zero-order valence-corrected chi connectivity index (χ0v) is 23.4. The monoisotopic (exact) mass is 557 g/mol. The summed E-state index contributed by atoms with van der Waals surface area (Å²) < 4.78 is 5.62. The average molecular weight is 558 g/mol. The van der Waals surface area contributed by atoms with Gasteiger partial charge in [0.1, 0.15) is 16.6 Å². The minimum atomic E-state index is -0.386. The van der Waals surface area contributed by atoms with Crippen molar-refractivity contribution >= 4 is 63.0 Å². The number of thiocarbonyl (C=S) groups is 1. The standard InChI is InChI=1S/C30H27N3O4S2/c1-18-8-9-19(2)23(16-18)31-25(34)17-33-24-7-5-4-6-22(24)26(28(33)35)27-29(36)32(30(38)39-27)15-14-20-10-12-21(37-3)13-11-20/h4-13,16H,14-15,17H2,1-3H3,(H,31,34)/b27-26-. The fourth-order valence-electron chi connectivity index (χ4n) is 4.64. The van der Waals surface area contributed by atoms with Gasteiger partial charge in [0.25, 0.3) is 11.8 Å². The molecule has 2 aliphatic rings. The summed E-state index contributed by atoms with van der Waals surface area (Å²) in [4.78, 5) is 43.5. The molecular weight excluding hydrogens is 530 g/mol. The first-order valence-corrected chi connectivity index (χ1v) is 13.7. The number of nitrogens with one attached hydrogen (secondary N) is 1. The summed E-state index contributed by atoms with van der Waals surface area (Å²) in [6.45, 7) is 4.09. The summed E-state index contributed by atoms with van der Waals surface area (Å²) in [6.07, 6.45) is 0.605. The van der Waals surface area contributed by atoms with Crippen molar-refractivity contribution in [2.45, 2.75) is 20.3 Å². The van der Waals surface area contributed by atoms with Crippen LogP contribution in [0.3, 0.4) is 0 Å². The maximum atomic E-state index is 13.7. The summed E-state index contributed by atoms with van der Waals surface area (Å²) in [5, 5.41) is 2.92. The molecule has 198 valence electrons. The first-order valence-electron chi connectivity index (χ1n) is 12.5. The van der Waals surface area contributed by atoms with Crippen LogP contribution in [0.25, 0.3) is 5.57 Å². The third-order valence-electron chi connectivity index (χ3n) is 6.75. The Bertz CT molecular complexity index is 1530. The molecule has 39 heavy (non-hydrogen) atoms. The number of rotatable bonds is 7. The summed E-state index contributed by atoms with van der Waals surface area (Å²) in [5.74, 6) is -0.235. The van der Waals surface area contributed by atoms with Gasteiger partial charge >= 0.3 is 0 Å². The second kappa shape index (κ2) is 11.0. The van der Waals surface area contributed by atoms with Gasteiger partial charge in [0, 0.05) is 17.8 Å². The first-order chi connectivity index (χ1) is 18.8. The minimum Gasteiger partial charge on any atom is -0.497 e. The summed E-state index contributed by atoms with van der Waals surface area (Å²) in [5.41, 5.74) is 5.21. The number of amides is 3. The predicted octanol–water partition coefficient (Wildman–Crippen LogP) is 5.11. The lowest BCUT2D eigenvalue weighted by atomic mass is 10.1. The van der Waals surface area contributed by atoms with E-state index in [9.17, 15) is 14.4 Å². The predicted molar refractivity (Wildman–Crippen MR) is 159 cm³/mol. The fourth-order valence-corrected chi connectivity index (χ4v) is 6.02. The second-order valence-corrected chi connectivity index (χ2v) is 11.0. The maximum absolute atomic E-state index is 13.7. The van der Waals surface area contributed by atoms with E-state index in [0.717, 1.165) is 34.2 Å². The molecular formula is C30H27N3O4S2. The van der Waals surface area contributed by atoms with Gasteiger partial charge < -0.3 is 10.1 Å². The molecule has 0 aliphatic carbocycles. The highest BCUT2D eigenvalue weighted by Crippen LogP contribution is 2.44. The van der Waals surface area contributed by atoms with Crippen molar-refractivity contribution in [1.29, 1.82) is 0 Å². The summed E-state index contributed by atoms with van der Waals surface area (Å²) in [7, 11) is 1.61. The van der Waals surface area contributed by atoms with Crippen LogP contribution in [0.1, 0.15) is 22.3 Å². The average Bonchev–Trinajstić information content (AvgIpc) is 3.36. The Morgan fingerprint density at radius 3 is 2.46 bits per heavy atom. The molecule has 9 heteroatoms. The molecule has 0 radical (unpaired) electrons. The van der Waals surface area contributed by atoms with Crippen molar-refractivity contribution in [3.05, 3.63) is 93.9 Å². The molecule has 2 heterocycles. The number of ether oxygens (including phenoxy) is 1. The smallest absolute Gasteiger partial charge is 0.267 e. The quantitative estimate of drug-likeness (QED) is 0.321. The van der Waals surface area contributed by atoms with E-state index in [2.05, 4.69) is 5.32 Å². The molecule has 3 amide bonds. The largest absolute Gasteiger partial charge is 0.497 e. The molecule has 1 fully saturated rings. The van der Waals surface area contributed by atoms with Crippen molar-refractivity contribution in [3.8, 4) is 5.75 Å². The van der Waals surface area contributed by atoms with Crippen LogP contribution < -0.4 is 15.0 Å². The summed E-state index contributed by atoms with van der Waals surface area (Å²) in [6, 6.07) is 20.7. The molecule has 0 aromatic heterocycles. The maximum Gasteiger partial charge on any atom is 0.267 e. The molecule has 0 atom stereocenters. The Balaban J connectivity index is 1.37. The number of thioether (sulfide) groups is 1. The van der Waals surface area contributed by atoms with Gasteiger partial charge in [0.2, 0.25) is 5.91 Å². The van der Waals surface area contributed by atoms with Crippen LogP contribution in [0.5, 0.6) is 5.75 Å². The van der Waals surface area contributed by atoms with Crippen molar-refractivity contribution in [1.82, 2.24) is 4.90 Å². The Hall–Kier alpha value is -3.95. The molecule has 1 saturated heterocycles. The highest BCUT2D eigenvalue weighted by molar-refractivity contribution is 8.26. The van der Waals surface area contributed by atoms with E-state index in [-0.39, 0.29) is 29.8 Å². The van der Waals surface area contributed by atoms with Gasteiger partial charge in [0.15, 0.2) is 0 Å². The molecule has 0 bridgehead atoms. The number of carbonyl (C=O) groups is 3. The molecule has 5 rings (SSSR count). The second-order valence-electron chi connectivity index (χ2n) is 9.40. The zero-order chi connectivity index (χ0) is 27.7. The molecule has 0 spiro atoms. The number of aryl methyl sites for hydroxylation is 2. The van der Waals surface area contributed by atoms with Crippen LogP contribution in [0.15, 0.2) is 71.6 Å². The first kappa shape index (κ1) is 26.6. The van der Waals surface area contributed by atoms with E-state index < -0.39 is 0 Å². The van der Waals surface area contributed by atoms with Crippen LogP contribution in [-0.4, -0.2) is 47.1 Å². The third-order valence-corrected chi connectivity index (χ3v) is 8.20. The number of fused-ring (bicyclic) bond motifs is 1. The van der Waals surface area contributed by atoms with Gasteiger partial charge in [0.05, 0.1) is 23.3 Å². The van der Waals surface area contributed by atoms with Gasteiger partial charge in [-0.25, -0.2) is 0 Å². The topological polar surface area (TPSA) is 79.0 Å². The zero-order valence-electron chi connectivity index (χ0n) is 21.8. The van der Waals surface area contributed by atoms with Crippen LogP contribution in [0.4, 0.5) is 11.4 Å². The van der Waals surface area contributed by atoms with Crippen LogP contribution in [0, 0.1) is 13.8 Å². The van der Waals surface area contributed by atoms with Gasteiger partial charge in [-0.2, -0.15) is 0 Å². The van der Waals surface area contributed by atoms with Crippen molar-refractivity contribution in [3.63, 3.8) is 0 Å². The van der Waals surface area contributed by atoms with Gasteiger partial charge in [-0.1, -0.05) is 66.4 Å². The van der Waals surface area contributed by atoms with Crippen molar-refractivity contribution < 1.29 is 19.1 Å².